The quantitative estimate of drug-likeness (QED) is 0.669. The van der Waals surface area contributed by atoms with Gasteiger partial charge in [0.25, 0.3) is 5.91 Å². The molecule has 0 heterocycles. The molecule has 0 saturated heterocycles. The Balaban J connectivity index is 2.37. The highest BCUT2D eigenvalue weighted by Crippen LogP contribution is 2.26. The summed E-state index contributed by atoms with van der Waals surface area (Å²) in [5, 5.41) is 2.80. The molecule has 7 nitrogen and oxygen atoms in total. The maximum atomic E-state index is 13.3. The predicted molar refractivity (Wildman–Crippen MR) is 109 cm³/mol. The number of halogens is 1. The van der Waals surface area contributed by atoms with Crippen LogP contribution in [0.2, 0.25) is 0 Å². The van der Waals surface area contributed by atoms with Crippen molar-refractivity contribution in [3.8, 4) is 5.75 Å². The van der Waals surface area contributed by atoms with Crippen molar-refractivity contribution < 1.29 is 27.1 Å². The Morgan fingerprint density at radius 2 is 1.83 bits per heavy atom. The first kappa shape index (κ1) is 22.6. The molecule has 0 bridgehead atoms. The van der Waals surface area contributed by atoms with Crippen molar-refractivity contribution in [1.82, 2.24) is 5.32 Å². The van der Waals surface area contributed by atoms with Crippen molar-refractivity contribution in [2.24, 2.45) is 0 Å². The van der Waals surface area contributed by atoms with E-state index in [0.29, 0.717) is 29.2 Å². The summed E-state index contributed by atoms with van der Waals surface area (Å²) in [6.45, 7) is 2.09. The SMILES string of the molecule is COC[C@@H](C)NC(=O)c1ccc(OC)c(CN(c2ccc(F)cc2)S(C)(=O)=O)c1. The second-order valence-electron chi connectivity index (χ2n) is 6.60. The van der Waals surface area contributed by atoms with Crippen molar-refractivity contribution in [2.45, 2.75) is 19.5 Å². The van der Waals surface area contributed by atoms with Crippen LogP contribution in [0.3, 0.4) is 0 Å². The Kier molecular flexibility index (Phi) is 7.58. The van der Waals surface area contributed by atoms with Crippen LogP contribution in [0.1, 0.15) is 22.8 Å². The average molecular weight is 424 g/mol. The minimum absolute atomic E-state index is 0.0810. The maximum absolute atomic E-state index is 13.3. The molecule has 1 N–H and O–H groups in total. The number of hydrogen-bond acceptors (Lipinski definition) is 5. The van der Waals surface area contributed by atoms with Gasteiger partial charge in [-0.2, -0.15) is 0 Å². The first-order chi connectivity index (χ1) is 13.7. The monoisotopic (exact) mass is 424 g/mol. The lowest BCUT2D eigenvalue weighted by atomic mass is 10.1. The van der Waals surface area contributed by atoms with Crippen molar-refractivity contribution >= 4 is 21.6 Å². The van der Waals surface area contributed by atoms with Crippen LogP contribution in [-0.2, 0) is 21.3 Å². The molecule has 1 amide bonds. The predicted octanol–water partition coefficient (Wildman–Crippen LogP) is 2.57. The third-order valence-corrected chi connectivity index (χ3v) is 5.31. The number of methoxy groups -OCH3 is 2. The minimum Gasteiger partial charge on any atom is -0.496 e. The minimum atomic E-state index is -3.68. The zero-order valence-electron chi connectivity index (χ0n) is 16.8. The first-order valence-corrected chi connectivity index (χ1v) is 10.7. The smallest absolute Gasteiger partial charge is 0.251 e. The third kappa shape index (κ3) is 6.16. The molecule has 0 unspecified atom stereocenters. The maximum Gasteiger partial charge on any atom is 0.251 e. The fourth-order valence-electron chi connectivity index (χ4n) is 2.80. The molecule has 0 saturated carbocycles. The Hall–Kier alpha value is -2.65. The Labute approximate surface area is 170 Å². The van der Waals surface area contributed by atoms with E-state index in [2.05, 4.69) is 5.32 Å². The van der Waals surface area contributed by atoms with E-state index in [4.69, 9.17) is 9.47 Å². The summed E-state index contributed by atoms with van der Waals surface area (Å²) < 4.78 is 49.4. The van der Waals surface area contributed by atoms with Gasteiger partial charge in [-0.15, -0.1) is 0 Å². The second-order valence-corrected chi connectivity index (χ2v) is 8.51. The van der Waals surface area contributed by atoms with Gasteiger partial charge in [0.05, 0.1) is 32.2 Å². The van der Waals surface area contributed by atoms with Crippen LogP contribution in [0.4, 0.5) is 10.1 Å². The molecule has 2 rings (SSSR count). The summed E-state index contributed by atoms with van der Waals surface area (Å²) in [5.74, 6) is -0.350. The number of rotatable bonds is 9. The zero-order chi connectivity index (χ0) is 21.6. The van der Waals surface area contributed by atoms with Crippen molar-refractivity contribution in [3.05, 3.63) is 59.4 Å². The van der Waals surface area contributed by atoms with Crippen LogP contribution in [0, 0.1) is 5.82 Å². The van der Waals surface area contributed by atoms with Gasteiger partial charge in [-0.1, -0.05) is 0 Å². The highest BCUT2D eigenvalue weighted by molar-refractivity contribution is 7.92. The van der Waals surface area contributed by atoms with E-state index in [-0.39, 0.29) is 18.5 Å². The van der Waals surface area contributed by atoms with Gasteiger partial charge in [0.1, 0.15) is 11.6 Å². The summed E-state index contributed by atoms with van der Waals surface area (Å²) >= 11 is 0. The number of nitrogens with one attached hydrogen (secondary N) is 1. The van der Waals surface area contributed by atoms with Crippen LogP contribution in [0.15, 0.2) is 42.5 Å². The highest BCUT2D eigenvalue weighted by atomic mass is 32.2. The molecule has 0 radical (unpaired) electrons. The van der Waals surface area contributed by atoms with Gasteiger partial charge in [-0.25, -0.2) is 12.8 Å². The molecule has 2 aromatic carbocycles. The molecule has 0 aliphatic carbocycles. The molecular formula is C20H25FN2O5S. The molecule has 158 valence electrons. The molecule has 1 atom stereocenters. The lowest BCUT2D eigenvalue weighted by Crippen LogP contribution is -2.35. The number of hydrogen-bond donors (Lipinski definition) is 1. The van der Waals surface area contributed by atoms with Crippen LogP contribution in [-0.4, -0.2) is 47.4 Å². The lowest BCUT2D eigenvalue weighted by molar-refractivity contribution is 0.0905. The number of carbonyl (C=O) groups is 1. The molecule has 0 aromatic heterocycles. The van der Waals surface area contributed by atoms with Crippen LogP contribution < -0.4 is 14.4 Å². The van der Waals surface area contributed by atoms with Crippen molar-refractivity contribution in [1.29, 1.82) is 0 Å². The topological polar surface area (TPSA) is 84.9 Å². The molecular weight excluding hydrogens is 399 g/mol. The molecule has 0 spiro atoms. The molecule has 0 aliphatic heterocycles. The van der Waals surface area contributed by atoms with E-state index in [9.17, 15) is 17.6 Å². The largest absolute Gasteiger partial charge is 0.496 e. The normalized spacial score (nSPS) is 12.3. The van der Waals surface area contributed by atoms with E-state index >= 15 is 0 Å². The molecule has 29 heavy (non-hydrogen) atoms. The number of benzene rings is 2. The number of carbonyl (C=O) groups excluding carboxylic acids is 1. The second kappa shape index (κ2) is 9.71. The van der Waals surface area contributed by atoms with Gasteiger partial charge in [-0.3, -0.25) is 9.10 Å². The summed E-state index contributed by atoms with van der Waals surface area (Å²) in [6, 6.07) is 9.73. The van der Waals surface area contributed by atoms with E-state index < -0.39 is 15.8 Å². The molecule has 0 fully saturated rings. The number of anilines is 1. The Morgan fingerprint density at radius 3 is 2.38 bits per heavy atom. The Bertz CT molecular complexity index is 948. The third-order valence-electron chi connectivity index (χ3n) is 4.17. The molecule has 9 heteroatoms. The van der Waals surface area contributed by atoms with Gasteiger partial charge in [0.2, 0.25) is 10.0 Å². The van der Waals surface area contributed by atoms with E-state index in [1.165, 1.54) is 31.4 Å². The van der Waals surface area contributed by atoms with Crippen LogP contribution in [0.5, 0.6) is 5.75 Å². The fraction of sp³-hybridized carbons (Fsp3) is 0.350. The standard InChI is InChI=1S/C20H25FN2O5S/c1-14(13-27-2)22-20(24)15-5-10-19(28-3)16(11-15)12-23(29(4,25)26)18-8-6-17(21)7-9-18/h5-11,14H,12-13H2,1-4H3,(H,22,24)/t14-/m1/s1. The summed E-state index contributed by atoms with van der Waals surface area (Å²) in [7, 11) is -0.670. The average Bonchev–Trinajstić information content (AvgIpc) is 2.66. The summed E-state index contributed by atoms with van der Waals surface area (Å²) in [5.41, 5.74) is 1.16. The van der Waals surface area contributed by atoms with Gasteiger partial charge >= 0.3 is 0 Å². The van der Waals surface area contributed by atoms with E-state index in [0.717, 1.165) is 10.6 Å². The summed E-state index contributed by atoms with van der Waals surface area (Å²) in [4.78, 5) is 12.5. The van der Waals surface area contributed by atoms with E-state index in [1.54, 1.807) is 25.3 Å². The molecule has 2 aromatic rings. The molecule has 0 aliphatic rings. The number of ether oxygens (including phenoxy) is 2. The fourth-order valence-corrected chi connectivity index (χ4v) is 3.68. The van der Waals surface area contributed by atoms with Gasteiger partial charge in [0, 0.05) is 24.3 Å². The van der Waals surface area contributed by atoms with Gasteiger partial charge in [-0.05, 0) is 49.4 Å². The van der Waals surface area contributed by atoms with Gasteiger partial charge in [0.15, 0.2) is 0 Å². The first-order valence-electron chi connectivity index (χ1n) is 8.85. The number of sulfonamides is 1. The van der Waals surface area contributed by atoms with Crippen molar-refractivity contribution in [3.63, 3.8) is 0 Å². The van der Waals surface area contributed by atoms with Gasteiger partial charge < -0.3 is 14.8 Å². The van der Waals surface area contributed by atoms with E-state index in [1.807, 2.05) is 6.92 Å². The summed E-state index contributed by atoms with van der Waals surface area (Å²) in [6.07, 6.45) is 1.06. The highest BCUT2D eigenvalue weighted by Gasteiger charge is 2.21. The Morgan fingerprint density at radius 1 is 1.17 bits per heavy atom. The van der Waals surface area contributed by atoms with Crippen molar-refractivity contribution in [2.75, 3.05) is 31.4 Å². The number of nitrogens with zero attached hydrogens (tertiary/aromatic N) is 1. The zero-order valence-corrected chi connectivity index (χ0v) is 17.6. The lowest BCUT2D eigenvalue weighted by Gasteiger charge is -2.24. The van der Waals surface area contributed by atoms with Crippen LogP contribution >= 0.6 is 0 Å². The number of amides is 1. The van der Waals surface area contributed by atoms with Crippen LogP contribution in [0.25, 0.3) is 0 Å².